The first-order chi connectivity index (χ1) is 8.68. The molecular formula is C14H18N4. The van der Waals surface area contributed by atoms with Crippen LogP contribution in [0.1, 0.15) is 26.2 Å². The number of nitrogens with zero attached hydrogens (tertiary/aromatic N) is 3. The third-order valence-electron chi connectivity index (χ3n) is 3.40. The summed E-state index contributed by atoms with van der Waals surface area (Å²) in [7, 11) is 0. The van der Waals surface area contributed by atoms with E-state index >= 15 is 0 Å². The first kappa shape index (κ1) is 12.6. The van der Waals surface area contributed by atoms with E-state index in [4.69, 9.17) is 11.0 Å². The lowest BCUT2D eigenvalue weighted by Gasteiger charge is -2.18. The van der Waals surface area contributed by atoms with E-state index < -0.39 is 5.54 Å². The van der Waals surface area contributed by atoms with Crippen molar-refractivity contribution in [3.63, 3.8) is 0 Å². The fourth-order valence-corrected chi connectivity index (χ4v) is 2.06. The molecule has 0 aliphatic carbocycles. The van der Waals surface area contributed by atoms with Gasteiger partial charge in [-0.15, -0.1) is 0 Å². The van der Waals surface area contributed by atoms with E-state index in [1.165, 1.54) is 0 Å². The van der Waals surface area contributed by atoms with Gasteiger partial charge in [-0.1, -0.05) is 25.1 Å². The van der Waals surface area contributed by atoms with Crippen LogP contribution in [0.3, 0.4) is 0 Å². The molecule has 18 heavy (non-hydrogen) atoms. The molecule has 1 aromatic heterocycles. The largest absolute Gasteiger partial charge is 0.313 e. The SMILES string of the molecule is CCC(N)(C#N)CCCn1ncc2ccccc21. The highest BCUT2D eigenvalue weighted by atomic mass is 15.3. The monoisotopic (exact) mass is 242 g/mol. The molecule has 0 spiro atoms. The van der Waals surface area contributed by atoms with Crippen molar-refractivity contribution in [1.29, 1.82) is 5.26 Å². The minimum Gasteiger partial charge on any atom is -0.313 e. The van der Waals surface area contributed by atoms with Crippen molar-refractivity contribution in [3.05, 3.63) is 30.5 Å². The molecule has 4 nitrogen and oxygen atoms in total. The molecule has 0 aliphatic heterocycles. The maximum atomic E-state index is 9.02. The Morgan fingerprint density at radius 3 is 2.94 bits per heavy atom. The van der Waals surface area contributed by atoms with Crippen LogP contribution in [0.2, 0.25) is 0 Å². The lowest BCUT2D eigenvalue weighted by Crippen LogP contribution is -2.37. The number of hydrogen-bond donors (Lipinski definition) is 1. The summed E-state index contributed by atoms with van der Waals surface area (Å²) in [4.78, 5) is 0. The Morgan fingerprint density at radius 2 is 2.22 bits per heavy atom. The predicted octanol–water partition coefficient (Wildman–Crippen LogP) is 2.45. The molecule has 1 atom stereocenters. The van der Waals surface area contributed by atoms with Crippen molar-refractivity contribution in [2.24, 2.45) is 5.73 Å². The van der Waals surface area contributed by atoms with Crippen LogP contribution < -0.4 is 5.73 Å². The van der Waals surface area contributed by atoms with E-state index in [2.05, 4.69) is 17.2 Å². The average Bonchev–Trinajstić information content (AvgIpc) is 2.82. The molecule has 0 saturated heterocycles. The van der Waals surface area contributed by atoms with Gasteiger partial charge in [-0.05, 0) is 25.3 Å². The smallest absolute Gasteiger partial charge is 0.104 e. The molecule has 0 bridgehead atoms. The van der Waals surface area contributed by atoms with Crippen LogP contribution in [0.15, 0.2) is 30.5 Å². The van der Waals surface area contributed by atoms with E-state index in [1.807, 2.05) is 36.0 Å². The quantitative estimate of drug-likeness (QED) is 0.875. The molecular weight excluding hydrogens is 224 g/mol. The molecule has 94 valence electrons. The highest BCUT2D eigenvalue weighted by molar-refractivity contribution is 5.78. The standard InChI is InChI=1S/C14H18N4/c1-2-14(16,11-15)8-5-9-18-13-7-4-3-6-12(13)10-17-18/h3-4,6-7,10H,2,5,8-9,16H2,1H3. The van der Waals surface area contributed by atoms with Gasteiger partial charge < -0.3 is 5.73 Å². The normalized spacial score (nSPS) is 14.3. The molecule has 2 aromatic rings. The number of fused-ring (bicyclic) bond motifs is 1. The van der Waals surface area contributed by atoms with Gasteiger partial charge >= 0.3 is 0 Å². The second-order valence-electron chi connectivity index (χ2n) is 4.65. The summed E-state index contributed by atoms with van der Waals surface area (Å²) in [5, 5.41) is 14.5. The zero-order chi connectivity index (χ0) is 13.0. The van der Waals surface area contributed by atoms with Gasteiger partial charge in [0.2, 0.25) is 0 Å². The van der Waals surface area contributed by atoms with Crippen LogP contribution in [0.5, 0.6) is 0 Å². The molecule has 0 amide bonds. The predicted molar refractivity (Wildman–Crippen MR) is 71.8 cm³/mol. The lowest BCUT2D eigenvalue weighted by molar-refractivity contribution is 0.438. The fourth-order valence-electron chi connectivity index (χ4n) is 2.06. The number of aromatic nitrogens is 2. The summed E-state index contributed by atoms with van der Waals surface area (Å²) in [6, 6.07) is 10.3. The van der Waals surface area contributed by atoms with Crippen molar-refractivity contribution in [1.82, 2.24) is 9.78 Å². The van der Waals surface area contributed by atoms with Gasteiger partial charge in [0.1, 0.15) is 5.54 Å². The van der Waals surface area contributed by atoms with Crippen molar-refractivity contribution in [3.8, 4) is 6.07 Å². The number of hydrogen-bond acceptors (Lipinski definition) is 3. The highest BCUT2D eigenvalue weighted by Gasteiger charge is 2.21. The van der Waals surface area contributed by atoms with Crippen LogP contribution in [-0.2, 0) is 6.54 Å². The molecule has 0 radical (unpaired) electrons. The maximum Gasteiger partial charge on any atom is 0.104 e. The Kier molecular flexibility index (Phi) is 3.63. The molecule has 1 unspecified atom stereocenters. The Bertz CT molecular complexity index is 566. The number of nitrogens with two attached hydrogens (primary N) is 1. The summed E-state index contributed by atoms with van der Waals surface area (Å²) in [6.45, 7) is 2.75. The minimum absolute atomic E-state index is 0.684. The number of nitriles is 1. The van der Waals surface area contributed by atoms with Crippen LogP contribution in [0, 0.1) is 11.3 Å². The van der Waals surface area contributed by atoms with Gasteiger partial charge in [-0.3, -0.25) is 4.68 Å². The molecule has 1 heterocycles. The van der Waals surface area contributed by atoms with Crippen molar-refractivity contribution in [2.75, 3.05) is 0 Å². The Hall–Kier alpha value is -1.86. The first-order valence-electron chi connectivity index (χ1n) is 6.29. The average molecular weight is 242 g/mol. The van der Waals surface area contributed by atoms with Crippen molar-refractivity contribution in [2.45, 2.75) is 38.3 Å². The second-order valence-corrected chi connectivity index (χ2v) is 4.65. The summed E-state index contributed by atoms with van der Waals surface area (Å²) >= 11 is 0. The van der Waals surface area contributed by atoms with E-state index in [9.17, 15) is 0 Å². The van der Waals surface area contributed by atoms with Crippen LogP contribution in [0.25, 0.3) is 10.9 Å². The van der Waals surface area contributed by atoms with Gasteiger partial charge in [0, 0.05) is 11.9 Å². The fraction of sp³-hybridized carbons (Fsp3) is 0.429. The maximum absolute atomic E-state index is 9.02. The second kappa shape index (κ2) is 5.19. The van der Waals surface area contributed by atoms with Gasteiger partial charge in [0.25, 0.3) is 0 Å². The number of para-hydroxylation sites is 1. The summed E-state index contributed by atoms with van der Waals surface area (Å²) < 4.78 is 1.97. The molecule has 0 fully saturated rings. The Morgan fingerprint density at radius 1 is 1.44 bits per heavy atom. The molecule has 1 aromatic carbocycles. The van der Waals surface area contributed by atoms with Crippen molar-refractivity contribution >= 4 is 10.9 Å². The zero-order valence-corrected chi connectivity index (χ0v) is 10.6. The van der Waals surface area contributed by atoms with Crippen molar-refractivity contribution < 1.29 is 0 Å². The molecule has 2 N–H and O–H groups in total. The number of rotatable bonds is 5. The molecule has 2 rings (SSSR count). The van der Waals surface area contributed by atoms with E-state index in [-0.39, 0.29) is 0 Å². The summed E-state index contributed by atoms with van der Waals surface area (Å²) in [6.07, 6.45) is 4.12. The van der Waals surface area contributed by atoms with Gasteiger partial charge in [-0.25, -0.2) is 0 Å². The zero-order valence-electron chi connectivity index (χ0n) is 10.6. The number of aryl methyl sites for hydroxylation is 1. The number of benzene rings is 1. The third-order valence-corrected chi connectivity index (χ3v) is 3.40. The highest BCUT2D eigenvalue weighted by Crippen LogP contribution is 2.16. The van der Waals surface area contributed by atoms with Gasteiger partial charge in [0.05, 0.1) is 17.8 Å². The van der Waals surface area contributed by atoms with E-state index in [0.717, 1.165) is 23.9 Å². The van der Waals surface area contributed by atoms with Gasteiger partial charge in [0.15, 0.2) is 0 Å². The van der Waals surface area contributed by atoms with Gasteiger partial charge in [-0.2, -0.15) is 10.4 Å². The molecule has 0 aliphatic rings. The minimum atomic E-state index is -0.692. The van der Waals surface area contributed by atoms with E-state index in [0.29, 0.717) is 12.8 Å². The van der Waals surface area contributed by atoms with Crippen LogP contribution in [-0.4, -0.2) is 15.3 Å². The van der Waals surface area contributed by atoms with E-state index in [1.54, 1.807) is 0 Å². The van der Waals surface area contributed by atoms with Crippen LogP contribution >= 0.6 is 0 Å². The first-order valence-corrected chi connectivity index (χ1v) is 6.29. The molecule has 4 heteroatoms. The molecule has 0 saturated carbocycles. The summed E-state index contributed by atoms with van der Waals surface area (Å²) in [5.74, 6) is 0. The van der Waals surface area contributed by atoms with Crippen LogP contribution in [0.4, 0.5) is 0 Å². The lowest BCUT2D eigenvalue weighted by atomic mass is 9.93. The topological polar surface area (TPSA) is 67.6 Å². The third kappa shape index (κ3) is 2.52. The Balaban J connectivity index is 2.01. The summed E-state index contributed by atoms with van der Waals surface area (Å²) in [5.41, 5.74) is 6.40. The Labute approximate surface area is 107 Å².